The molecule has 2 aromatic rings. The highest BCUT2D eigenvalue weighted by Gasteiger charge is 2.13. The number of benzene rings is 2. The number of ether oxygens (including phenoxy) is 2. The molecule has 2 N–H and O–H groups in total. The van der Waals surface area contributed by atoms with Crippen LogP contribution >= 0.6 is 15.9 Å². The Kier molecular flexibility index (Phi) is 6.70. The maximum Gasteiger partial charge on any atom is 0.335 e. The van der Waals surface area contributed by atoms with Crippen LogP contribution in [-0.2, 0) is 6.54 Å². The van der Waals surface area contributed by atoms with E-state index in [2.05, 4.69) is 21.2 Å². The zero-order valence-corrected chi connectivity index (χ0v) is 16.1. The van der Waals surface area contributed by atoms with Crippen LogP contribution in [0.3, 0.4) is 0 Å². The predicted molar refractivity (Wildman–Crippen MR) is 102 cm³/mol. The summed E-state index contributed by atoms with van der Waals surface area (Å²) in [6, 6.07) is 8.86. The minimum Gasteiger partial charge on any atom is -0.493 e. The molecule has 0 heterocycles. The van der Waals surface area contributed by atoms with Gasteiger partial charge in [-0.2, -0.15) is 0 Å². The van der Waals surface area contributed by atoms with Crippen LogP contribution in [0.5, 0.6) is 11.5 Å². The summed E-state index contributed by atoms with van der Waals surface area (Å²) in [5, 5.41) is 12.5. The first kappa shape index (κ1) is 19.1. The molecule has 2 rings (SSSR count). The van der Waals surface area contributed by atoms with Gasteiger partial charge in [-0.3, -0.25) is 0 Å². The van der Waals surface area contributed by atoms with Crippen molar-refractivity contribution in [1.82, 2.24) is 0 Å². The molecule has 5 nitrogen and oxygen atoms in total. The molecule has 25 heavy (non-hydrogen) atoms. The summed E-state index contributed by atoms with van der Waals surface area (Å²) in [4.78, 5) is 11.2. The van der Waals surface area contributed by atoms with Gasteiger partial charge in [0.15, 0.2) is 11.5 Å². The van der Waals surface area contributed by atoms with Gasteiger partial charge >= 0.3 is 5.97 Å². The lowest BCUT2D eigenvalue weighted by Gasteiger charge is -2.17. The number of carboxylic acid groups (broad SMARTS) is 1. The van der Waals surface area contributed by atoms with E-state index < -0.39 is 5.97 Å². The van der Waals surface area contributed by atoms with Gasteiger partial charge in [0.25, 0.3) is 0 Å². The van der Waals surface area contributed by atoms with Gasteiger partial charge in [-0.25, -0.2) is 4.79 Å². The third-order valence-corrected chi connectivity index (χ3v) is 4.18. The largest absolute Gasteiger partial charge is 0.493 e. The van der Waals surface area contributed by atoms with E-state index in [1.54, 1.807) is 25.3 Å². The van der Waals surface area contributed by atoms with Crippen LogP contribution in [0.25, 0.3) is 0 Å². The van der Waals surface area contributed by atoms with E-state index in [0.717, 1.165) is 27.7 Å². The number of carboxylic acids is 1. The van der Waals surface area contributed by atoms with E-state index in [0.29, 0.717) is 24.7 Å². The second kappa shape index (κ2) is 8.76. The molecular formula is C19H22BrNO4. The monoisotopic (exact) mass is 407 g/mol. The molecule has 0 bridgehead atoms. The van der Waals surface area contributed by atoms with Gasteiger partial charge < -0.3 is 19.9 Å². The number of rotatable bonds is 8. The fraction of sp³-hybridized carbons (Fsp3) is 0.316. The lowest BCUT2D eigenvalue weighted by Crippen LogP contribution is -2.07. The van der Waals surface area contributed by atoms with Crippen molar-refractivity contribution in [2.45, 2.75) is 26.8 Å². The lowest BCUT2D eigenvalue weighted by molar-refractivity contribution is 0.0697. The molecule has 6 heteroatoms. The van der Waals surface area contributed by atoms with Gasteiger partial charge in [0, 0.05) is 22.3 Å². The number of methoxy groups -OCH3 is 1. The smallest absolute Gasteiger partial charge is 0.335 e. The maximum atomic E-state index is 11.2. The number of nitrogens with one attached hydrogen (secondary N) is 1. The van der Waals surface area contributed by atoms with Gasteiger partial charge in [0.2, 0.25) is 0 Å². The molecule has 0 atom stereocenters. The molecule has 0 spiro atoms. The average molecular weight is 408 g/mol. The van der Waals surface area contributed by atoms with Crippen molar-refractivity contribution in [2.24, 2.45) is 0 Å². The summed E-state index contributed by atoms with van der Waals surface area (Å²) >= 11 is 3.49. The van der Waals surface area contributed by atoms with E-state index in [-0.39, 0.29) is 5.56 Å². The average Bonchev–Trinajstić information content (AvgIpc) is 2.59. The van der Waals surface area contributed by atoms with E-state index in [4.69, 9.17) is 14.6 Å². The molecule has 0 saturated heterocycles. The van der Waals surface area contributed by atoms with E-state index in [1.165, 1.54) is 0 Å². The highest BCUT2D eigenvalue weighted by atomic mass is 79.9. The number of aryl methyl sites for hydroxylation is 1. The number of carbonyl (C=O) groups is 1. The number of halogens is 1. The zero-order chi connectivity index (χ0) is 18.4. The summed E-state index contributed by atoms with van der Waals surface area (Å²) in [5.74, 6) is 0.418. The highest BCUT2D eigenvalue weighted by molar-refractivity contribution is 9.10. The molecule has 0 aliphatic carbocycles. The van der Waals surface area contributed by atoms with Crippen LogP contribution in [0.4, 0.5) is 5.69 Å². The van der Waals surface area contributed by atoms with Crippen molar-refractivity contribution in [3.05, 3.63) is 51.5 Å². The summed E-state index contributed by atoms with van der Waals surface area (Å²) in [6.07, 6.45) is 0.895. The summed E-state index contributed by atoms with van der Waals surface area (Å²) in [5.41, 5.74) is 2.94. The Morgan fingerprint density at radius 3 is 2.68 bits per heavy atom. The molecule has 0 aromatic heterocycles. The molecule has 0 fully saturated rings. The molecule has 0 aliphatic rings. The molecular weight excluding hydrogens is 386 g/mol. The Balaban J connectivity index is 2.29. The normalized spacial score (nSPS) is 10.4. The number of hydrogen-bond acceptors (Lipinski definition) is 4. The Hall–Kier alpha value is -2.21. The standard InChI is InChI=1S/C19H22BrNO4/c1-4-7-25-18-14(8-15(20)10-17(18)24-3)11-21-16-9-13(19(22)23)6-5-12(16)2/h5-6,8-10,21H,4,7,11H2,1-3H3,(H,22,23). The zero-order valence-electron chi connectivity index (χ0n) is 14.6. The molecule has 0 radical (unpaired) electrons. The molecule has 0 unspecified atom stereocenters. The summed E-state index contributed by atoms with van der Waals surface area (Å²) in [6.45, 7) is 5.06. The molecule has 2 aromatic carbocycles. The first-order chi connectivity index (χ1) is 12.0. The second-order valence-electron chi connectivity index (χ2n) is 5.63. The van der Waals surface area contributed by atoms with Crippen LogP contribution in [0.1, 0.15) is 34.8 Å². The van der Waals surface area contributed by atoms with Crippen LogP contribution < -0.4 is 14.8 Å². The van der Waals surface area contributed by atoms with Crippen molar-refractivity contribution in [1.29, 1.82) is 0 Å². The van der Waals surface area contributed by atoms with Crippen LogP contribution in [0.2, 0.25) is 0 Å². The van der Waals surface area contributed by atoms with Crippen molar-refractivity contribution in [2.75, 3.05) is 19.0 Å². The number of anilines is 1. The van der Waals surface area contributed by atoms with E-state index >= 15 is 0 Å². The van der Waals surface area contributed by atoms with Gasteiger partial charge in [0.1, 0.15) is 0 Å². The number of hydrogen-bond donors (Lipinski definition) is 2. The van der Waals surface area contributed by atoms with E-state index in [1.807, 2.05) is 26.0 Å². The summed E-state index contributed by atoms with van der Waals surface area (Å²) < 4.78 is 12.2. The fourth-order valence-electron chi connectivity index (χ4n) is 2.41. The van der Waals surface area contributed by atoms with Crippen LogP contribution in [-0.4, -0.2) is 24.8 Å². The molecule has 0 saturated carbocycles. The fourth-order valence-corrected chi connectivity index (χ4v) is 2.89. The van der Waals surface area contributed by atoms with E-state index in [9.17, 15) is 4.79 Å². The minimum atomic E-state index is -0.945. The Bertz CT molecular complexity index is 761. The third-order valence-electron chi connectivity index (χ3n) is 3.72. The highest BCUT2D eigenvalue weighted by Crippen LogP contribution is 2.35. The second-order valence-corrected chi connectivity index (χ2v) is 6.55. The Labute approximate surface area is 156 Å². The van der Waals surface area contributed by atoms with Gasteiger partial charge in [-0.05, 0) is 43.2 Å². The number of aromatic carboxylic acids is 1. The molecule has 134 valence electrons. The van der Waals surface area contributed by atoms with Gasteiger partial charge in [-0.1, -0.05) is 28.9 Å². The minimum absolute atomic E-state index is 0.252. The first-order valence-electron chi connectivity index (χ1n) is 8.03. The van der Waals surface area contributed by atoms with Crippen LogP contribution in [0.15, 0.2) is 34.8 Å². The van der Waals surface area contributed by atoms with Crippen molar-refractivity contribution < 1.29 is 19.4 Å². The topological polar surface area (TPSA) is 67.8 Å². The Morgan fingerprint density at radius 2 is 2.04 bits per heavy atom. The van der Waals surface area contributed by atoms with Crippen LogP contribution in [0, 0.1) is 6.92 Å². The van der Waals surface area contributed by atoms with Gasteiger partial charge in [-0.15, -0.1) is 0 Å². The molecule has 0 amide bonds. The third kappa shape index (κ3) is 4.89. The Morgan fingerprint density at radius 1 is 1.28 bits per heavy atom. The predicted octanol–water partition coefficient (Wildman–Crippen LogP) is 4.87. The van der Waals surface area contributed by atoms with Crippen molar-refractivity contribution >= 4 is 27.6 Å². The van der Waals surface area contributed by atoms with Crippen molar-refractivity contribution in [3.8, 4) is 11.5 Å². The first-order valence-corrected chi connectivity index (χ1v) is 8.82. The van der Waals surface area contributed by atoms with Crippen molar-refractivity contribution in [3.63, 3.8) is 0 Å². The summed E-state index contributed by atoms with van der Waals surface area (Å²) in [7, 11) is 1.61. The molecule has 0 aliphatic heterocycles. The lowest BCUT2D eigenvalue weighted by atomic mass is 10.1. The SMILES string of the molecule is CCCOc1c(CNc2cc(C(=O)O)ccc2C)cc(Br)cc1OC. The van der Waals surface area contributed by atoms with Gasteiger partial charge in [0.05, 0.1) is 19.3 Å². The maximum absolute atomic E-state index is 11.2. The quantitative estimate of drug-likeness (QED) is 0.653.